The lowest BCUT2D eigenvalue weighted by atomic mass is 10.1. The van der Waals surface area contributed by atoms with Crippen LogP contribution in [0.15, 0.2) is 18.2 Å². The largest absolute Gasteiger partial charge is 0.507 e. The Balaban J connectivity index is 2.85. The molecule has 0 heterocycles. The zero-order valence-corrected chi connectivity index (χ0v) is 10.2. The molecule has 0 aliphatic carbocycles. The summed E-state index contributed by atoms with van der Waals surface area (Å²) in [4.78, 5) is 22.7. The number of carboxylic acids is 1. The minimum atomic E-state index is -1.26. The minimum absolute atomic E-state index is 0.0345. The van der Waals surface area contributed by atoms with Crippen molar-refractivity contribution in [1.29, 1.82) is 0 Å². The number of hydrogen-bond donors (Lipinski definition) is 3. The lowest BCUT2D eigenvalue weighted by Crippen LogP contribution is -2.41. The molecule has 3 N–H and O–H groups in total. The highest BCUT2D eigenvalue weighted by Gasteiger charge is 2.23. The zero-order chi connectivity index (χ0) is 14.4. The lowest BCUT2D eigenvalue weighted by Gasteiger charge is -2.14. The highest BCUT2D eigenvalue weighted by atomic mass is 19.1. The van der Waals surface area contributed by atoms with Crippen LogP contribution in [0.1, 0.15) is 16.8 Å². The molecule has 1 amide bonds. The number of aliphatic carboxylic acids is 1. The molecule has 0 bridgehead atoms. The number of carbonyl (C=O) groups excluding carboxylic acids is 1. The van der Waals surface area contributed by atoms with E-state index in [-0.39, 0.29) is 13.0 Å². The van der Waals surface area contributed by atoms with Crippen molar-refractivity contribution in [2.24, 2.45) is 0 Å². The van der Waals surface area contributed by atoms with Crippen molar-refractivity contribution < 1.29 is 28.9 Å². The average Bonchev–Trinajstić information content (AvgIpc) is 2.33. The van der Waals surface area contributed by atoms with Gasteiger partial charge in [0.1, 0.15) is 23.2 Å². The molecule has 0 spiro atoms. The number of nitrogens with one attached hydrogen (secondary N) is 1. The third-order valence-corrected chi connectivity index (χ3v) is 2.43. The van der Waals surface area contributed by atoms with Gasteiger partial charge in [0.15, 0.2) is 0 Å². The fourth-order valence-electron chi connectivity index (χ4n) is 1.46. The Morgan fingerprint density at radius 2 is 2.16 bits per heavy atom. The van der Waals surface area contributed by atoms with Crippen molar-refractivity contribution in [2.45, 2.75) is 12.5 Å². The van der Waals surface area contributed by atoms with E-state index in [1.165, 1.54) is 13.2 Å². The highest BCUT2D eigenvalue weighted by molar-refractivity contribution is 5.99. The summed E-state index contributed by atoms with van der Waals surface area (Å²) in [5.41, 5.74) is -0.578. The molecule has 104 valence electrons. The van der Waals surface area contributed by atoms with Crippen LogP contribution in [0.25, 0.3) is 0 Å². The number of carboxylic acid groups (broad SMARTS) is 1. The predicted octanol–water partition coefficient (Wildman–Crippen LogP) is 0.751. The van der Waals surface area contributed by atoms with E-state index in [0.717, 1.165) is 12.1 Å². The van der Waals surface area contributed by atoms with Crippen molar-refractivity contribution in [1.82, 2.24) is 5.32 Å². The van der Waals surface area contributed by atoms with Crippen LogP contribution in [0.3, 0.4) is 0 Å². The Labute approximate surface area is 108 Å². The van der Waals surface area contributed by atoms with Gasteiger partial charge in [-0.25, -0.2) is 9.18 Å². The molecular formula is C12H14FNO5. The number of amides is 1. The maximum atomic E-state index is 13.4. The Kier molecular flexibility index (Phi) is 5.25. The van der Waals surface area contributed by atoms with Crippen molar-refractivity contribution >= 4 is 11.9 Å². The number of hydrogen-bond acceptors (Lipinski definition) is 4. The number of carbonyl (C=O) groups is 2. The molecule has 6 nitrogen and oxygen atoms in total. The van der Waals surface area contributed by atoms with Gasteiger partial charge in [0, 0.05) is 20.1 Å². The quantitative estimate of drug-likeness (QED) is 0.709. The van der Waals surface area contributed by atoms with Crippen molar-refractivity contribution in [2.75, 3.05) is 13.7 Å². The molecule has 19 heavy (non-hydrogen) atoms. The first kappa shape index (κ1) is 14.9. The molecule has 1 rings (SSSR count). The molecule has 0 radical (unpaired) electrons. The van der Waals surface area contributed by atoms with Gasteiger partial charge in [-0.1, -0.05) is 6.07 Å². The molecule has 0 aliphatic rings. The number of ether oxygens (including phenoxy) is 1. The first-order chi connectivity index (χ1) is 8.97. The second kappa shape index (κ2) is 6.69. The topological polar surface area (TPSA) is 95.9 Å². The summed E-state index contributed by atoms with van der Waals surface area (Å²) in [7, 11) is 1.39. The third-order valence-electron chi connectivity index (χ3n) is 2.43. The van der Waals surface area contributed by atoms with Crippen LogP contribution >= 0.6 is 0 Å². The van der Waals surface area contributed by atoms with Gasteiger partial charge < -0.3 is 20.3 Å². The van der Waals surface area contributed by atoms with E-state index in [9.17, 15) is 19.1 Å². The van der Waals surface area contributed by atoms with Crippen LogP contribution < -0.4 is 5.32 Å². The van der Waals surface area contributed by atoms with Crippen LogP contribution in [0.2, 0.25) is 0 Å². The SMILES string of the molecule is COCCC(NC(=O)c1c(O)cccc1F)C(=O)O. The lowest BCUT2D eigenvalue weighted by molar-refractivity contribution is -0.139. The van der Waals surface area contributed by atoms with E-state index in [0.29, 0.717) is 0 Å². The Morgan fingerprint density at radius 3 is 2.68 bits per heavy atom. The number of rotatable bonds is 6. The van der Waals surface area contributed by atoms with Crippen molar-refractivity contribution in [3.05, 3.63) is 29.6 Å². The fourth-order valence-corrected chi connectivity index (χ4v) is 1.46. The minimum Gasteiger partial charge on any atom is -0.507 e. The predicted molar refractivity (Wildman–Crippen MR) is 63.4 cm³/mol. The fraction of sp³-hybridized carbons (Fsp3) is 0.333. The molecule has 1 unspecified atom stereocenters. The normalized spacial score (nSPS) is 11.9. The summed E-state index contributed by atoms with van der Waals surface area (Å²) < 4.78 is 18.1. The number of phenolic OH excluding ortho intramolecular Hbond substituents is 1. The van der Waals surface area contributed by atoms with Gasteiger partial charge in [-0.15, -0.1) is 0 Å². The van der Waals surface area contributed by atoms with Crippen LogP contribution in [-0.2, 0) is 9.53 Å². The molecular weight excluding hydrogens is 257 g/mol. The molecule has 0 aliphatic heterocycles. The summed E-state index contributed by atoms with van der Waals surface area (Å²) in [6, 6.07) is 2.16. The summed E-state index contributed by atoms with van der Waals surface area (Å²) in [6.45, 7) is 0.125. The van der Waals surface area contributed by atoms with Gasteiger partial charge in [-0.3, -0.25) is 4.79 Å². The molecule has 0 saturated heterocycles. The van der Waals surface area contributed by atoms with E-state index in [1.54, 1.807) is 0 Å². The standard InChI is InChI=1S/C12H14FNO5/c1-19-6-5-8(12(17)18)14-11(16)10-7(13)3-2-4-9(10)15/h2-4,8,15H,5-6H2,1H3,(H,14,16)(H,17,18). The number of phenols is 1. The van der Waals surface area contributed by atoms with Gasteiger partial charge in [0.25, 0.3) is 5.91 Å². The molecule has 7 heteroatoms. The van der Waals surface area contributed by atoms with E-state index in [1.807, 2.05) is 0 Å². The first-order valence-electron chi connectivity index (χ1n) is 5.47. The van der Waals surface area contributed by atoms with Crippen LogP contribution in [-0.4, -0.2) is 41.8 Å². The van der Waals surface area contributed by atoms with Gasteiger partial charge in [-0.2, -0.15) is 0 Å². The summed E-state index contributed by atoms with van der Waals surface area (Å²) >= 11 is 0. The Hall–Kier alpha value is -2.15. The number of benzene rings is 1. The molecule has 0 saturated carbocycles. The number of halogens is 1. The second-order valence-corrected chi connectivity index (χ2v) is 3.78. The molecule has 1 aromatic carbocycles. The maximum Gasteiger partial charge on any atom is 0.326 e. The number of aromatic hydroxyl groups is 1. The van der Waals surface area contributed by atoms with Gasteiger partial charge in [0.2, 0.25) is 0 Å². The average molecular weight is 271 g/mol. The first-order valence-corrected chi connectivity index (χ1v) is 5.47. The molecule has 0 aromatic heterocycles. The monoisotopic (exact) mass is 271 g/mol. The Morgan fingerprint density at radius 1 is 1.47 bits per heavy atom. The van der Waals surface area contributed by atoms with Gasteiger partial charge >= 0.3 is 5.97 Å². The van der Waals surface area contributed by atoms with E-state index >= 15 is 0 Å². The summed E-state index contributed by atoms with van der Waals surface area (Å²) in [5, 5.41) is 20.5. The van der Waals surface area contributed by atoms with E-state index in [4.69, 9.17) is 9.84 Å². The zero-order valence-electron chi connectivity index (χ0n) is 10.2. The van der Waals surface area contributed by atoms with Crippen molar-refractivity contribution in [3.8, 4) is 5.75 Å². The molecule has 1 atom stereocenters. The maximum absolute atomic E-state index is 13.4. The summed E-state index contributed by atoms with van der Waals surface area (Å²) in [5.74, 6) is -3.72. The smallest absolute Gasteiger partial charge is 0.326 e. The van der Waals surface area contributed by atoms with E-state index < -0.39 is 35.0 Å². The van der Waals surface area contributed by atoms with Gasteiger partial charge in [0.05, 0.1) is 0 Å². The van der Waals surface area contributed by atoms with Gasteiger partial charge in [-0.05, 0) is 12.1 Å². The molecule has 0 fully saturated rings. The Bertz CT molecular complexity index is 457. The van der Waals surface area contributed by atoms with Crippen LogP contribution in [0, 0.1) is 5.82 Å². The molecule has 1 aromatic rings. The van der Waals surface area contributed by atoms with Crippen LogP contribution in [0.5, 0.6) is 5.75 Å². The van der Waals surface area contributed by atoms with Crippen molar-refractivity contribution in [3.63, 3.8) is 0 Å². The third kappa shape index (κ3) is 3.92. The number of methoxy groups -OCH3 is 1. The van der Waals surface area contributed by atoms with Crippen LogP contribution in [0.4, 0.5) is 4.39 Å². The highest BCUT2D eigenvalue weighted by Crippen LogP contribution is 2.19. The summed E-state index contributed by atoms with van der Waals surface area (Å²) in [6.07, 6.45) is 0.0345. The van der Waals surface area contributed by atoms with E-state index in [2.05, 4.69) is 5.32 Å². The second-order valence-electron chi connectivity index (χ2n) is 3.78.